The van der Waals surface area contributed by atoms with Crippen molar-refractivity contribution in [3.63, 3.8) is 0 Å². The van der Waals surface area contributed by atoms with E-state index in [1.54, 1.807) is 11.3 Å². The summed E-state index contributed by atoms with van der Waals surface area (Å²) in [6, 6.07) is 2.04. The maximum absolute atomic E-state index is 9.83. The molecule has 1 atom stereocenters. The predicted octanol–water partition coefficient (Wildman–Crippen LogP) is 1.39. The quantitative estimate of drug-likeness (QED) is 0.701. The second-order valence-electron chi connectivity index (χ2n) is 4.28. The van der Waals surface area contributed by atoms with E-state index in [4.69, 9.17) is 4.74 Å². The van der Waals surface area contributed by atoms with Gasteiger partial charge in [-0.3, -0.25) is 0 Å². The molecule has 0 radical (unpaired) electrons. The zero-order valence-corrected chi connectivity index (χ0v) is 9.35. The second-order valence-corrected chi connectivity index (χ2v) is 5.19. The molecule has 3 nitrogen and oxygen atoms in total. The zero-order chi connectivity index (χ0) is 10.3. The normalized spacial score (nSPS) is 29.0. The Hall–Kier alpha value is -0.420. The Morgan fingerprint density at radius 3 is 3.07 bits per heavy atom. The van der Waals surface area contributed by atoms with Crippen molar-refractivity contribution < 1.29 is 9.84 Å². The average Bonchev–Trinajstić information content (AvgIpc) is 2.76. The lowest BCUT2D eigenvalue weighted by atomic mass is 9.85. The molecule has 0 amide bonds. The molecule has 0 aromatic carbocycles. The third-order valence-corrected chi connectivity index (χ3v) is 4.51. The molecule has 2 aliphatic heterocycles. The van der Waals surface area contributed by atoms with Gasteiger partial charge >= 0.3 is 0 Å². The van der Waals surface area contributed by atoms with Crippen LogP contribution < -0.4 is 5.32 Å². The van der Waals surface area contributed by atoms with E-state index < -0.39 is 6.10 Å². The fraction of sp³-hybridized carbons (Fsp3) is 0.636. The molecule has 1 unspecified atom stereocenters. The van der Waals surface area contributed by atoms with Crippen molar-refractivity contribution in [1.82, 2.24) is 5.32 Å². The summed E-state index contributed by atoms with van der Waals surface area (Å²) in [5.41, 5.74) is 0.988. The first kappa shape index (κ1) is 9.78. The average molecular weight is 225 g/mol. The highest BCUT2D eigenvalue weighted by Crippen LogP contribution is 2.45. The zero-order valence-electron chi connectivity index (χ0n) is 8.53. The number of hydrogen-bond donors (Lipinski definition) is 2. The number of hydrogen-bond acceptors (Lipinski definition) is 4. The third kappa shape index (κ3) is 1.44. The molecule has 1 aromatic heterocycles. The van der Waals surface area contributed by atoms with Gasteiger partial charge in [0.15, 0.2) is 0 Å². The molecule has 1 saturated heterocycles. The molecule has 0 bridgehead atoms. The lowest BCUT2D eigenvalue weighted by Gasteiger charge is -2.41. The van der Waals surface area contributed by atoms with Crippen molar-refractivity contribution >= 4 is 11.3 Å². The van der Waals surface area contributed by atoms with E-state index >= 15 is 0 Å². The van der Waals surface area contributed by atoms with Crippen molar-refractivity contribution in [3.05, 3.63) is 21.9 Å². The number of rotatable bonds is 0. The van der Waals surface area contributed by atoms with E-state index in [1.165, 1.54) is 4.88 Å². The maximum Gasteiger partial charge on any atom is 0.105 e. The number of piperidine rings is 1. The van der Waals surface area contributed by atoms with Gasteiger partial charge < -0.3 is 15.2 Å². The largest absolute Gasteiger partial charge is 0.386 e. The van der Waals surface area contributed by atoms with E-state index in [1.807, 2.05) is 6.07 Å². The Labute approximate surface area is 93.1 Å². The summed E-state index contributed by atoms with van der Waals surface area (Å²) >= 11 is 1.72. The third-order valence-electron chi connectivity index (χ3n) is 3.40. The van der Waals surface area contributed by atoms with Crippen molar-refractivity contribution in [2.24, 2.45) is 0 Å². The Morgan fingerprint density at radius 2 is 2.27 bits per heavy atom. The van der Waals surface area contributed by atoms with Crippen LogP contribution in [0.5, 0.6) is 0 Å². The second kappa shape index (κ2) is 3.56. The molecule has 4 heteroatoms. The summed E-state index contributed by atoms with van der Waals surface area (Å²) in [4.78, 5) is 1.25. The van der Waals surface area contributed by atoms with E-state index in [9.17, 15) is 5.11 Å². The van der Waals surface area contributed by atoms with Gasteiger partial charge in [0.2, 0.25) is 0 Å². The first-order chi connectivity index (χ1) is 7.32. The van der Waals surface area contributed by atoms with Gasteiger partial charge in [-0.05, 0) is 42.9 Å². The predicted molar refractivity (Wildman–Crippen MR) is 59.0 cm³/mol. The maximum atomic E-state index is 9.83. The highest BCUT2D eigenvalue weighted by Gasteiger charge is 2.42. The lowest BCUT2D eigenvalue weighted by molar-refractivity contribution is -0.115. The van der Waals surface area contributed by atoms with Crippen LogP contribution in [-0.2, 0) is 10.3 Å². The van der Waals surface area contributed by atoms with Crippen molar-refractivity contribution in [1.29, 1.82) is 0 Å². The number of fused-ring (bicyclic) bond motifs is 2. The summed E-state index contributed by atoms with van der Waals surface area (Å²) in [5, 5.41) is 15.2. The van der Waals surface area contributed by atoms with E-state index in [0.717, 1.165) is 31.5 Å². The van der Waals surface area contributed by atoms with Crippen molar-refractivity contribution in [2.45, 2.75) is 24.5 Å². The number of nitrogens with one attached hydrogen (secondary N) is 1. The molecule has 3 rings (SSSR count). The minimum absolute atomic E-state index is 0.103. The smallest absolute Gasteiger partial charge is 0.105 e. The van der Waals surface area contributed by atoms with Gasteiger partial charge in [0.1, 0.15) is 11.7 Å². The van der Waals surface area contributed by atoms with E-state index in [0.29, 0.717) is 6.61 Å². The Bertz CT molecular complexity index is 357. The summed E-state index contributed by atoms with van der Waals surface area (Å²) in [5.74, 6) is 0. The molecule has 1 aromatic rings. The number of thiophene rings is 1. The number of aliphatic hydroxyl groups excluding tert-OH is 1. The van der Waals surface area contributed by atoms with Gasteiger partial charge in [-0.1, -0.05) is 0 Å². The van der Waals surface area contributed by atoms with Crippen LogP contribution >= 0.6 is 11.3 Å². The van der Waals surface area contributed by atoms with E-state index in [2.05, 4.69) is 10.7 Å². The van der Waals surface area contributed by atoms with Crippen molar-refractivity contribution in [2.75, 3.05) is 19.7 Å². The first-order valence-electron chi connectivity index (χ1n) is 5.42. The van der Waals surface area contributed by atoms with E-state index in [-0.39, 0.29) is 5.60 Å². The molecule has 0 aliphatic carbocycles. The van der Waals surface area contributed by atoms with Crippen LogP contribution in [0.4, 0.5) is 0 Å². The van der Waals surface area contributed by atoms with Gasteiger partial charge in [-0.15, -0.1) is 11.3 Å². The lowest BCUT2D eigenvalue weighted by Crippen LogP contribution is -2.44. The molecular weight excluding hydrogens is 210 g/mol. The fourth-order valence-corrected chi connectivity index (χ4v) is 3.72. The Balaban J connectivity index is 2.02. The fourth-order valence-electron chi connectivity index (χ4n) is 2.55. The Kier molecular flexibility index (Phi) is 2.32. The van der Waals surface area contributed by atoms with Crippen molar-refractivity contribution in [3.8, 4) is 0 Å². The highest BCUT2D eigenvalue weighted by molar-refractivity contribution is 7.10. The molecule has 3 heterocycles. The first-order valence-corrected chi connectivity index (χ1v) is 6.30. The monoisotopic (exact) mass is 225 g/mol. The van der Waals surface area contributed by atoms with Crippen LogP contribution in [0.3, 0.4) is 0 Å². The van der Waals surface area contributed by atoms with Crippen LogP contribution in [0.1, 0.15) is 29.4 Å². The summed E-state index contributed by atoms with van der Waals surface area (Å²) < 4.78 is 5.92. The van der Waals surface area contributed by atoms with Crippen LogP contribution in [0.25, 0.3) is 0 Å². The molecule has 1 fully saturated rings. The minimum Gasteiger partial charge on any atom is -0.386 e. The molecule has 1 spiro atoms. The van der Waals surface area contributed by atoms with Gasteiger partial charge in [0, 0.05) is 4.88 Å². The molecule has 0 saturated carbocycles. The van der Waals surface area contributed by atoms with Gasteiger partial charge in [0.05, 0.1) is 6.61 Å². The van der Waals surface area contributed by atoms with Gasteiger partial charge in [-0.2, -0.15) is 0 Å². The topological polar surface area (TPSA) is 41.5 Å². The highest BCUT2D eigenvalue weighted by atomic mass is 32.1. The van der Waals surface area contributed by atoms with Crippen LogP contribution in [-0.4, -0.2) is 24.8 Å². The number of aliphatic hydroxyl groups is 1. The molecule has 82 valence electrons. The molecule has 2 aliphatic rings. The molecule has 15 heavy (non-hydrogen) atoms. The summed E-state index contributed by atoms with van der Waals surface area (Å²) in [6.45, 7) is 2.46. The molecule has 2 N–H and O–H groups in total. The number of ether oxygens (including phenoxy) is 1. The van der Waals surface area contributed by atoms with Gasteiger partial charge in [-0.25, -0.2) is 0 Å². The molecular formula is C11H15NO2S. The van der Waals surface area contributed by atoms with Gasteiger partial charge in [0.25, 0.3) is 0 Å². The SMILES string of the molecule is OC1COC2(CCNCC2)c2sccc21. The minimum atomic E-state index is -0.424. The van der Waals surface area contributed by atoms with Crippen LogP contribution in [0.2, 0.25) is 0 Å². The van der Waals surface area contributed by atoms with Crippen LogP contribution in [0.15, 0.2) is 11.4 Å². The summed E-state index contributed by atoms with van der Waals surface area (Å²) in [6.07, 6.45) is 1.62. The summed E-state index contributed by atoms with van der Waals surface area (Å²) in [7, 11) is 0. The van der Waals surface area contributed by atoms with Crippen LogP contribution in [0, 0.1) is 0 Å². The Morgan fingerprint density at radius 1 is 1.47 bits per heavy atom. The standard InChI is InChI=1S/C11H15NO2S/c13-9-7-14-11(2-4-12-5-3-11)10-8(9)1-6-15-10/h1,6,9,12-13H,2-5,7H2.